The molecule has 0 aliphatic carbocycles. The molecule has 0 radical (unpaired) electrons. The van der Waals surface area contributed by atoms with Crippen LogP contribution >= 0.6 is 0 Å². The molecular weight excluding hydrogens is 396 g/mol. The number of phenols is 1. The van der Waals surface area contributed by atoms with Crippen LogP contribution in [0.15, 0.2) is 72.8 Å². The standard InChI is InChI=1S/C25H24O6/c1-17(26)31-21-10-8-19(24(28)14-21)9-13-23(27)22-12-11-20(29-2)15-25(22)30-16-18-6-4-3-5-7-18/h3-15,23,27-28H,16H2,1-2H3. The summed E-state index contributed by atoms with van der Waals surface area (Å²) in [4.78, 5) is 11.0. The number of aliphatic hydroxyl groups excluding tert-OH is 1. The van der Waals surface area contributed by atoms with Gasteiger partial charge in [-0.1, -0.05) is 42.5 Å². The topological polar surface area (TPSA) is 85.2 Å². The molecule has 3 rings (SSSR count). The number of hydrogen-bond donors (Lipinski definition) is 2. The number of aromatic hydroxyl groups is 1. The second-order valence-corrected chi connectivity index (χ2v) is 6.80. The first-order chi connectivity index (χ1) is 15.0. The van der Waals surface area contributed by atoms with Gasteiger partial charge in [0.1, 0.15) is 35.7 Å². The van der Waals surface area contributed by atoms with E-state index in [0.29, 0.717) is 29.2 Å². The molecule has 6 nitrogen and oxygen atoms in total. The highest BCUT2D eigenvalue weighted by atomic mass is 16.5. The van der Waals surface area contributed by atoms with E-state index in [0.717, 1.165) is 5.56 Å². The van der Waals surface area contributed by atoms with Crippen LogP contribution in [0.1, 0.15) is 29.7 Å². The number of esters is 1. The molecule has 0 saturated carbocycles. The van der Waals surface area contributed by atoms with Crippen LogP contribution in [0.2, 0.25) is 0 Å². The zero-order chi connectivity index (χ0) is 22.2. The normalized spacial score (nSPS) is 11.8. The molecule has 0 saturated heterocycles. The highest BCUT2D eigenvalue weighted by Gasteiger charge is 2.13. The fourth-order valence-electron chi connectivity index (χ4n) is 2.94. The molecule has 0 fully saturated rings. The largest absolute Gasteiger partial charge is 0.507 e. The lowest BCUT2D eigenvalue weighted by Gasteiger charge is -2.15. The SMILES string of the molecule is COc1ccc(C(O)C=Cc2ccc(OC(C)=O)cc2O)c(OCc2ccccc2)c1. The van der Waals surface area contributed by atoms with Crippen LogP contribution in [-0.4, -0.2) is 23.3 Å². The maximum absolute atomic E-state index is 11.0. The van der Waals surface area contributed by atoms with Crippen LogP contribution in [0.3, 0.4) is 0 Å². The summed E-state index contributed by atoms with van der Waals surface area (Å²) in [6, 6.07) is 19.4. The van der Waals surface area contributed by atoms with Crippen molar-refractivity contribution in [2.45, 2.75) is 19.6 Å². The lowest BCUT2D eigenvalue weighted by molar-refractivity contribution is -0.131. The van der Waals surface area contributed by atoms with Crippen molar-refractivity contribution in [1.29, 1.82) is 0 Å². The van der Waals surface area contributed by atoms with Crippen LogP contribution in [0, 0.1) is 0 Å². The molecule has 2 N–H and O–H groups in total. The van der Waals surface area contributed by atoms with Crippen molar-refractivity contribution in [2.24, 2.45) is 0 Å². The third-order valence-electron chi connectivity index (χ3n) is 4.50. The molecule has 31 heavy (non-hydrogen) atoms. The number of hydrogen-bond acceptors (Lipinski definition) is 6. The molecule has 1 atom stereocenters. The number of ether oxygens (including phenoxy) is 3. The van der Waals surface area contributed by atoms with E-state index in [-0.39, 0.29) is 11.5 Å². The summed E-state index contributed by atoms with van der Waals surface area (Å²) in [6.45, 7) is 1.63. The summed E-state index contributed by atoms with van der Waals surface area (Å²) in [6.07, 6.45) is 2.14. The Labute approximate surface area is 181 Å². The minimum atomic E-state index is -0.982. The van der Waals surface area contributed by atoms with Crippen molar-refractivity contribution < 1.29 is 29.2 Å². The van der Waals surface area contributed by atoms with Crippen LogP contribution in [0.5, 0.6) is 23.0 Å². The molecule has 0 bridgehead atoms. The fraction of sp³-hybridized carbons (Fsp3) is 0.160. The Bertz CT molecular complexity index is 1060. The van der Waals surface area contributed by atoms with E-state index >= 15 is 0 Å². The molecule has 6 heteroatoms. The zero-order valence-corrected chi connectivity index (χ0v) is 17.3. The number of phenolic OH excluding ortho intramolecular Hbond substituents is 1. The summed E-state index contributed by atoms with van der Waals surface area (Å²) in [7, 11) is 1.56. The van der Waals surface area contributed by atoms with Gasteiger partial charge in [0.2, 0.25) is 0 Å². The Kier molecular flexibility index (Phi) is 7.30. The maximum atomic E-state index is 11.0. The van der Waals surface area contributed by atoms with E-state index in [9.17, 15) is 15.0 Å². The van der Waals surface area contributed by atoms with E-state index in [2.05, 4.69) is 0 Å². The Morgan fingerprint density at radius 2 is 1.77 bits per heavy atom. The van der Waals surface area contributed by atoms with Crippen molar-refractivity contribution >= 4 is 12.0 Å². The van der Waals surface area contributed by atoms with Crippen molar-refractivity contribution in [2.75, 3.05) is 7.11 Å². The lowest BCUT2D eigenvalue weighted by Crippen LogP contribution is -2.02. The van der Waals surface area contributed by atoms with E-state index in [4.69, 9.17) is 14.2 Å². The number of aliphatic hydroxyl groups is 1. The van der Waals surface area contributed by atoms with Gasteiger partial charge in [0.05, 0.1) is 7.11 Å². The van der Waals surface area contributed by atoms with Gasteiger partial charge in [-0.15, -0.1) is 0 Å². The molecule has 0 amide bonds. The molecule has 3 aromatic carbocycles. The van der Waals surface area contributed by atoms with E-state index < -0.39 is 12.1 Å². The predicted molar refractivity (Wildman–Crippen MR) is 117 cm³/mol. The first-order valence-electron chi connectivity index (χ1n) is 9.68. The average Bonchev–Trinajstić information content (AvgIpc) is 2.77. The minimum Gasteiger partial charge on any atom is -0.507 e. The smallest absolute Gasteiger partial charge is 0.308 e. The van der Waals surface area contributed by atoms with Gasteiger partial charge in [-0.3, -0.25) is 4.79 Å². The Hall–Kier alpha value is -3.77. The molecule has 1 unspecified atom stereocenters. The van der Waals surface area contributed by atoms with Gasteiger partial charge in [0, 0.05) is 30.2 Å². The maximum Gasteiger partial charge on any atom is 0.308 e. The van der Waals surface area contributed by atoms with Crippen molar-refractivity contribution in [3.63, 3.8) is 0 Å². The Morgan fingerprint density at radius 3 is 2.45 bits per heavy atom. The van der Waals surface area contributed by atoms with E-state index in [1.165, 1.54) is 19.1 Å². The summed E-state index contributed by atoms with van der Waals surface area (Å²) in [5.74, 6) is 0.809. The molecule has 0 aliphatic rings. The summed E-state index contributed by atoms with van der Waals surface area (Å²) < 4.78 is 16.2. The number of methoxy groups -OCH3 is 1. The molecule has 0 heterocycles. The van der Waals surface area contributed by atoms with Gasteiger partial charge >= 0.3 is 5.97 Å². The number of benzene rings is 3. The van der Waals surface area contributed by atoms with E-state index in [1.54, 1.807) is 43.5 Å². The third kappa shape index (κ3) is 6.10. The predicted octanol–water partition coefficient (Wildman–Crippen LogP) is 4.65. The second-order valence-electron chi connectivity index (χ2n) is 6.80. The molecule has 0 aromatic heterocycles. The van der Waals surface area contributed by atoms with Crippen molar-refractivity contribution in [3.05, 3.63) is 89.5 Å². The van der Waals surface area contributed by atoms with Crippen LogP contribution < -0.4 is 14.2 Å². The zero-order valence-electron chi connectivity index (χ0n) is 17.3. The number of carbonyl (C=O) groups excluding carboxylic acids is 1. The molecular formula is C25H24O6. The van der Waals surface area contributed by atoms with Crippen molar-refractivity contribution in [3.8, 4) is 23.0 Å². The average molecular weight is 420 g/mol. The highest BCUT2D eigenvalue weighted by molar-refractivity contribution is 5.70. The van der Waals surface area contributed by atoms with Gasteiger partial charge in [-0.2, -0.15) is 0 Å². The number of rotatable bonds is 8. The summed E-state index contributed by atoms with van der Waals surface area (Å²) in [5, 5.41) is 20.9. The lowest BCUT2D eigenvalue weighted by atomic mass is 10.1. The Morgan fingerprint density at radius 1 is 1.03 bits per heavy atom. The van der Waals surface area contributed by atoms with Crippen molar-refractivity contribution in [1.82, 2.24) is 0 Å². The van der Waals surface area contributed by atoms with Crippen LogP contribution in [0.25, 0.3) is 6.08 Å². The third-order valence-corrected chi connectivity index (χ3v) is 4.50. The Balaban J connectivity index is 1.78. The van der Waals surface area contributed by atoms with Gasteiger partial charge in [0.25, 0.3) is 0 Å². The summed E-state index contributed by atoms with van der Waals surface area (Å²) in [5.41, 5.74) is 2.03. The molecule has 0 spiro atoms. The molecule has 0 aliphatic heterocycles. The minimum absolute atomic E-state index is 0.0718. The van der Waals surface area contributed by atoms with Gasteiger partial charge < -0.3 is 24.4 Å². The second kappa shape index (κ2) is 10.3. The molecule has 3 aromatic rings. The number of carbonyl (C=O) groups is 1. The first kappa shape index (κ1) is 21.9. The monoisotopic (exact) mass is 420 g/mol. The van der Waals surface area contributed by atoms with Crippen LogP contribution in [-0.2, 0) is 11.4 Å². The van der Waals surface area contributed by atoms with Gasteiger partial charge in [0.15, 0.2) is 0 Å². The van der Waals surface area contributed by atoms with E-state index in [1.807, 2.05) is 30.3 Å². The quantitative estimate of drug-likeness (QED) is 0.408. The highest BCUT2D eigenvalue weighted by Crippen LogP contribution is 2.32. The van der Waals surface area contributed by atoms with Crippen LogP contribution in [0.4, 0.5) is 0 Å². The fourth-order valence-corrected chi connectivity index (χ4v) is 2.94. The van der Waals surface area contributed by atoms with Gasteiger partial charge in [-0.05, 0) is 29.8 Å². The summed E-state index contributed by atoms with van der Waals surface area (Å²) >= 11 is 0. The van der Waals surface area contributed by atoms with Gasteiger partial charge in [-0.25, -0.2) is 0 Å². The molecule has 160 valence electrons. The first-order valence-corrected chi connectivity index (χ1v) is 9.68.